The second-order valence-electron chi connectivity index (χ2n) is 4.60. The van der Waals surface area contributed by atoms with Gasteiger partial charge in [0, 0.05) is 23.4 Å². The summed E-state index contributed by atoms with van der Waals surface area (Å²) >= 11 is 5.76. The SMILES string of the molecule is CS(=O)(=O)c1cccc(Oc2cc(Cl)ccc2[N+](=O)[O-])c1[N+](=O)[O-]. The number of halogens is 1. The standard InChI is InChI=1S/C13H9ClN2O7S/c1-24(21,22)12-4-2-3-10(13(12)16(19)20)23-11-7-8(14)5-6-9(11)15(17)18/h2-7H,1H3. The van der Waals surface area contributed by atoms with Crippen LogP contribution >= 0.6 is 11.6 Å². The molecule has 2 rings (SSSR count). The van der Waals surface area contributed by atoms with Gasteiger partial charge in [0.15, 0.2) is 9.84 Å². The van der Waals surface area contributed by atoms with Crippen molar-refractivity contribution in [1.82, 2.24) is 0 Å². The second-order valence-corrected chi connectivity index (χ2v) is 7.02. The summed E-state index contributed by atoms with van der Waals surface area (Å²) in [6.07, 6.45) is 0.806. The summed E-state index contributed by atoms with van der Waals surface area (Å²) in [5, 5.41) is 22.4. The Labute approximate surface area is 140 Å². The fourth-order valence-corrected chi connectivity index (χ4v) is 2.92. The summed E-state index contributed by atoms with van der Waals surface area (Å²) in [7, 11) is -3.91. The average Bonchev–Trinajstić information content (AvgIpc) is 2.45. The van der Waals surface area contributed by atoms with Crippen LogP contribution in [0.1, 0.15) is 0 Å². The third-order valence-corrected chi connectivity index (χ3v) is 4.25. The van der Waals surface area contributed by atoms with Crippen molar-refractivity contribution in [3.63, 3.8) is 0 Å². The average molecular weight is 373 g/mol. The Morgan fingerprint density at radius 2 is 1.71 bits per heavy atom. The van der Waals surface area contributed by atoms with E-state index >= 15 is 0 Å². The maximum atomic E-state index is 11.7. The zero-order chi connectivity index (χ0) is 18.1. The Bertz CT molecular complexity index is 943. The Balaban J connectivity index is 2.66. The molecular formula is C13H9ClN2O7S. The van der Waals surface area contributed by atoms with Crippen LogP contribution in [0.2, 0.25) is 5.02 Å². The van der Waals surface area contributed by atoms with Gasteiger partial charge < -0.3 is 4.74 Å². The molecule has 0 saturated heterocycles. The molecule has 0 aromatic heterocycles. The van der Waals surface area contributed by atoms with Crippen LogP contribution in [0.25, 0.3) is 0 Å². The third-order valence-electron chi connectivity index (χ3n) is 2.88. The molecule has 0 saturated carbocycles. The van der Waals surface area contributed by atoms with E-state index in [2.05, 4.69) is 0 Å². The van der Waals surface area contributed by atoms with E-state index in [1.54, 1.807) is 0 Å². The quantitative estimate of drug-likeness (QED) is 0.580. The highest BCUT2D eigenvalue weighted by Crippen LogP contribution is 2.40. The lowest BCUT2D eigenvalue weighted by Crippen LogP contribution is -2.04. The molecule has 0 heterocycles. The fourth-order valence-electron chi connectivity index (χ4n) is 1.90. The molecule has 11 heteroatoms. The molecule has 0 N–H and O–H groups in total. The first kappa shape index (κ1) is 17.6. The number of para-hydroxylation sites is 1. The van der Waals surface area contributed by atoms with Gasteiger partial charge in [-0.25, -0.2) is 8.42 Å². The van der Waals surface area contributed by atoms with Crippen molar-refractivity contribution in [2.45, 2.75) is 4.90 Å². The van der Waals surface area contributed by atoms with Crippen LogP contribution in [0.4, 0.5) is 11.4 Å². The molecular weight excluding hydrogens is 364 g/mol. The molecule has 0 spiro atoms. The number of hydrogen-bond acceptors (Lipinski definition) is 7. The van der Waals surface area contributed by atoms with Crippen molar-refractivity contribution >= 4 is 32.8 Å². The number of sulfone groups is 1. The molecule has 0 bridgehead atoms. The zero-order valence-corrected chi connectivity index (χ0v) is 13.6. The van der Waals surface area contributed by atoms with Gasteiger partial charge in [0.25, 0.3) is 0 Å². The van der Waals surface area contributed by atoms with Gasteiger partial charge in [-0.15, -0.1) is 0 Å². The molecule has 2 aromatic carbocycles. The van der Waals surface area contributed by atoms with Crippen LogP contribution in [-0.4, -0.2) is 24.5 Å². The van der Waals surface area contributed by atoms with E-state index in [1.165, 1.54) is 12.1 Å². The van der Waals surface area contributed by atoms with E-state index in [4.69, 9.17) is 16.3 Å². The molecule has 0 aliphatic carbocycles. The molecule has 0 aliphatic rings. The van der Waals surface area contributed by atoms with Crippen molar-refractivity contribution in [3.05, 3.63) is 61.6 Å². The van der Waals surface area contributed by atoms with E-state index in [1.807, 2.05) is 0 Å². The van der Waals surface area contributed by atoms with Crippen LogP contribution < -0.4 is 4.74 Å². The number of ether oxygens (including phenoxy) is 1. The van der Waals surface area contributed by atoms with Crippen molar-refractivity contribution in [1.29, 1.82) is 0 Å². The van der Waals surface area contributed by atoms with E-state index in [-0.39, 0.29) is 10.8 Å². The van der Waals surface area contributed by atoms with Crippen LogP contribution in [0, 0.1) is 20.2 Å². The number of nitrogens with zero attached hydrogens (tertiary/aromatic N) is 2. The summed E-state index contributed by atoms with van der Waals surface area (Å²) in [6, 6.07) is 6.85. The van der Waals surface area contributed by atoms with Crippen molar-refractivity contribution in [2.75, 3.05) is 6.26 Å². The Hall–Kier alpha value is -2.72. The lowest BCUT2D eigenvalue weighted by molar-refractivity contribution is -0.389. The summed E-state index contributed by atoms with van der Waals surface area (Å²) in [4.78, 5) is 20.0. The molecule has 0 aliphatic heterocycles. The van der Waals surface area contributed by atoms with Gasteiger partial charge in [-0.05, 0) is 18.2 Å². The van der Waals surface area contributed by atoms with Crippen molar-refractivity contribution < 1.29 is 23.0 Å². The summed E-state index contributed by atoms with van der Waals surface area (Å²) in [5.74, 6) is -0.797. The van der Waals surface area contributed by atoms with Crippen LogP contribution in [0.3, 0.4) is 0 Å². The minimum absolute atomic E-state index is 0.109. The Kier molecular flexibility index (Phi) is 4.71. The summed E-state index contributed by atoms with van der Waals surface area (Å²) in [5.41, 5.74) is -1.28. The number of hydrogen-bond donors (Lipinski definition) is 0. The van der Waals surface area contributed by atoms with E-state index in [9.17, 15) is 28.6 Å². The first-order valence-electron chi connectivity index (χ1n) is 6.20. The summed E-state index contributed by atoms with van der Waals surface area (Å²) < 4.78 is 28.7. The van der Waals surface area contributed by atoms with Gasteiger partial charge in [0.05, 0.1) is 9.85 Å². The first-order chi connectivity index (χ1) is 11.1. The Morgan fingerprint density at radius 3 is 2.25 bits per heavy atom. The first-order valence-corrected chi connectivity index (χ1v) is 8.47. The highest BCUT2D eigenvalue weighted by atomic mass is 35.5. The lowest BCUT2D eigenvalue weighted by atomic mass is 10.2. The van der Waals surface area contributed by atoms with Crippen LogP contribution in [0.5, 0.6) is 11.5 Å². The Morgan fingerprint density at radius 1 is 1.04 bits per heavy atom. The van der Waals surface area contributed by atoms with Gasteiger partial charge in [0.1, 0.15) is 4.90 Å². The van der Waals surface area contributed by atoms with Crippen LogP contribution in [0.15, 0.2) is 41.3 Å². The highest BCUT2D eigenvalue weighted by Gasteiger charge is 2.29. The number of rotatable bonds is 5. The maximum Gasteiger partial charge on any atom is 0.330 e. The van der Waals surface area contributed by atoms with E-state index in [0.29, 0.717) is 0 Å². The number of benzene rings is 2. The third kappa shape index (κ3) is 3.60. The summed E-state index contributed by atoms with van der Waals surface area (Å²) in [6.45, 7) is 0. The number of nitro groups is 2. The molecule has 24 heavy (non-hydrogen) atoms. The van der Waals surface area contributed by atoms with Crippen LogP contribution in [-0.2, 0) is 9.84 Å². The minimum Gasteiger partial charge on any atom is -0.443 e. The molecule has 126 valence electrons. The molecule has 0 fully saturated rings. The van der Waals surface area contributed by atoms with Gasteiger partial charge >= 0.3 is 11.4 Å². The lowest BCUT2D eigenvalue weighted by Gasteiger charge is -2.09. The maximum absolute atomic E-state index is 11.7. The van der Waals surface area contributed by atoms with E-state index < -0.39 is 41.7 Å². The van der Waals surface area contributed by atoms with Gasteiger partial charge in [-0.1, -0.05) is 17.7 Å². The zero-order valence-electron chi connectivity index (χ0n) is 12.0. The van der Waals surface area contributed by atoms with Gasteiger partial charge in [-0.3, -0.25) is 20.2 Å². The topological polar surface area (TPSA) is 130 Å². The smallest absolute Gasteiger partial charge is 0.330 e. The largest absolute Gasteiger partial charge is 0.443 e. The van der Waals surface area contributed by atoms with Crippen molar-refractivity contribution in [3.8, 4) is 11.5 Å². The highest BCUT2D eigenvalue weighted by molar-refractivity contribution is 7.90. The predicted molar refractivity (Wildman–Crippen MR) is 84.4 cm³/mol. The number of nitro benzene ring substituents is 2. The molecule has 2 aromatic rings. The van der Waals surface area contributed by atoms with Gasteiger partial charge in [0.2, 0.25) is 11.5 Å². The molecule has 0 amide bonds. The second kappa shape index (κ2) is 6.42. The molecule has 9 nitrogen and oxygen atoms in total. The van der Waals surface area contributed by atoms with Crippen molar-refractivity contribution in [2.24, 2.45) is 0 Å². The molecule has 0 atom stereocenters. The molecule has 0 unspecified atom stereocenters. The normalized spacial score (nSPS) is 11.1. The molecule has 0 radical (unpaired) electrons. The fraction of sp³-hybridized carbons (Fsp3) is 0.0769. The van der Waals surface area contributed by atoms with E-state index in [0.717, 1.165) is 30.5 Å². The van der Waals surface area contributed by atoms with Gasteiger partial charge in [-0.2, -0.15) is 0 Å². The predicted octanol–water partition coefficient (Wildman–Crippen LogP) is 3.35. The minimum atomic E-state index is -3.91. The monoisotopic (exact) mass is 372 g/mol.